The number of hydrogen-bond acceptors (Lipinski definition) is 4. The van der Waals surface area contributed by atoms with Crippen LogP contribution in [0.4, 0.5) is 10.8 Å². The third kappa shape index (κ3) is 3.40. The normalized spacial score (nSPS) is 14.5. The van der Waals surface area contributed by atoms with Crippen LogP contribution in [0.2, 0.25) is 0 Å². The average Bonchev–Trinajstić information content (AvgIpc) is 3.16. The Balaban J connectivity index is 1.67. The summed E-state index contributed by atoms with van der Waals surface area (Å²) in [5, 5.41) is 2.73. The largest absolute Gasteiger partial charge is 0.418 e. The number of benzene rings is 1. The Morgan fingerprint density at radius 3 is 2.75 bits per heavy atom. The molecule has 1 aliphatic heterocycles. The number of anilines is 1. The molecule has 2 heterocycles. The first-order valence-electron chi connectivity index (χ1n) is 7.91. The molecule has 0 atom stereocenters. The molecule has 0 saturated carbocycles. The van der Waals surface area contributed by atoms with Crippen molar-refractivity contribution in [2.45, 2.75) is 26.4 Å². The Morgan fingerprint density at radius 1 is 1.29 bits per heavy atom. The fourth-order valence-corrected chi connectivity index (χ4v) is 2.54. The van der Waals surface area contributed by atoms with Crippen molar-refractivity contribution in [2.75, 3.05) is 18.0 Å². The molecule has 7 heteroatoms. The average molecular weight is 328 g/mol. The van der Waals surface area contributed by atoms with E-state index in [1.54, 1.807) is 4.90 Å². The molecule has 24 heavy (non-hydrogen) atoms. The maximum atomic E-state index is 12.5. The summed E-state index contributed by atoms with van der Waals surface area (Å²) in [7, 11) is 0. The summed E-state index contributed by atoms with van der Waals surface area (Å²) in [6.07, 6.45) is 1.35. The molecule has 0 unspecified atom stereocenters. The van der Waals surface area contributed by atoms with Gasteiger partial charge in [-0.1, -0.05) is 30.3 Å². The molecule has 0 radical (unpaired) electrons. The van der Waals surface area contributed by atoms with Crippen LogP contribution in [0.5, 0.6) is 0 Å². The lowest BCUT2D eigenvalue weighted by Crippen LogP contribution is -2.31. The van der Waals surface area contributed by atoms with Gasteiger partial charge in [-0.3, -0.25) is 4.79 Å². The zero-order valence-electron chi connectivity index (χ0n) is 13.7. The van der Waals surface area contributed by atoms with Crippen molar-refractivity contribution < 1.29 is 14.0 Å². The van der Waals surface area contributed by atoms with Gasteiger partial charge in [-0.15, -0.1) is 0 Å². The van der Waals surface area contributed by atoms with E-state index in [1.165, 1.54) is 11.1 Å². The minimum atomic E-state index is -0.337. The van der Waals surface area contributed by atoms with Crippen molar-refractivity contribution in [3.05, 3.63) is 47.9 Å². The third-order valence-electron chi connectivity index (χ3n) is 3.68. The number of carbonyl (C=O) groups excluding carboxylic acids is 2. The standard InChI is InChI=1S/C17H20N4O3/c1-12(2)19-15(22)14-10-18-16(24-14)21-9-8-20(17(21)23)11-13-6-4-3-5-7-13/h3-7,10,12H,8-9,11H2,1-2H3,(H,19,22). The summed E-state index contributed by atoms with van der Waals surface area (Å²) in [5.74, 6) is -0.232. The van der Waals surface area contributed by atoms with E-state index >= 15 is 0 Å². The maximum absolute atomic E-state index is 12.5. The second-order valence-corrected chi connectivity index (χ2v) is 5.98. The summed E-state index contributed by atoms with van der Waals surface area (Å²) in [6, 6.07) is 9.79. The molecule has 1 aromatic carbocycles. The predicted octanol–water partition coefficient (Wildman–Crippen LogP) is 2.25. The Bertz CT molecular complexity index is 726. The van der Waals surface area contributed by atoms with Gasteiger partial charge >= 0.3 is 12.0 Å². The molecule has 7 nitrogen and oxygen atoms in total. The number of oxazole rings is 1. The SMILES string of the molecule is CC(C)NC(=O)c1cnc(N2CCN(Cc3ccccc3)C2=O)o1. The van der Waals surface area contributed by atoms with E-state index < -0.39 is 0 Å². The van der Waals surface area contributed by atoms with Crippen LogP contribution in [0.1, 0.15) is 30.0 Å². The van der Waals surface area contributed by atoms with E-state index in [-0.39, 0.29) is 29.8 Å². The van der Waals surface area contributed by atoms with Crippen LogP contribution in [-0.4, -0.2) is 41.0 Å². The van der Waals surface area contributed by atoms with Gasteiger partial charge in [-0.05, 0) is 19.4 Å². The molecule has 3 rings (SSSR count). The van der Waals surface area contributed by atoms with Crippen molar-refractivity contribution >= 4 is 18.0 Å². The van der Waals surface area contributed by atoms with E-state index in [0.717, 1.165) is 5.56 Å². The Kier molecular flexibility index (Phi) is 4.50. The fraction of sp³-hybridized carbons (Fsp3) is 0.353. The minimum absolute atomic E-state index is 0.000771. The molecule has 0 spiro atoms. The lowest BCUT2D eigenvalue weighted by molar-refractivity contribution is 0.0915. The molecule has 3 amide bonds. The minimum Gasteiger partial charge on any atom is -0.418 e. The van der Waals surface area contributed by atoms with Gasteiger partial charge in [-0.25, -0.2) is 14.7 Å². The van der Waals surface area contributed by atoms with Gasteiger partial charge in [0.05, 0.1) is 6.20 Å². The molecule has 2 aromatic rings. The Morgan fingerprint density at radius 2 is 2.04 bits per heavy atom. The van der Waals surface area contributed by atoms with Crippen LogP contribution in [0.25, 0.3) is 0 Å². The number of nitrogens with zero attached hydrogens (tertiary/aromatic N) is 3. The van der Waals surface area contributed by atoms with Crippen molar-refractivity contribution in [3.63, 3.8) is 0 Å². The van der Waals surface area contributed by atoms with Crippen molar-refractivity contribution in [1.29, 1.82) is 0 Å². The number of rotatable bonds is 5. The van der Waals surface area contributed by atoms with Crippen molar-refractivity contribution in [1.82, 2.24) is 15.2 Å². The van der Waals surface area contributed by atoms with E-state index in [9.17, 15) is 9.59 Å². The van der Waals surface area contributed by atoms with Gasteiger partial charge in [0, 0.05) is 25.7 Å². The number of hydrogen-bond donors (Lipinski definition) is 1. The molecule has 1 saturated heterocycles. The summed E-state index contributed by atoms with van der Waals surface area (Å²) in [6.45, 7) is 5.33. The highest BCUT2D eigenvalue weighted by Crippen LogP contribution is 2.21. The molecule has 1 aromatic heterocycles. The molecule has 126 valence electrons. The van der Waals surface area contributed by atoms with Crippen molar-refractivity contribution in [2.24, 2.45) is 0 Å². The lowest BCUT2D eigenvalue weighted by atomic mass is 10.2. The first-order chi connectivity index (χ1) is 11.5. The van der Waals surface area contributed by atoms with Gasteiger partial charge < -0.3 is 14.6 Å². The quantitative estimate of drug-likeness (QED) is 0.913. The number of aromatic nitrogens is 1. The molecule has 1 fully saturated rings. The van der Waals surface area contributed by atoms with Crippen LogP contribution >= 0.6 is 0 Å². The van der Waals surface area contributed by atoms with Gasteiger partial charge in [0.2, 0.25) is 5.76 Å². The smallest absolute Gasteiger partial charge is 0.328 e. The highest BCUT2D eigenvalue weighted by molar-refractivity contribution is 5.94. The third-order valence-corrected chi connectivity index (χ3v) is 3.68. The zero-order valence-corrected chi connectivity index (χ0v) is 13.7. The number of amides is 3. The van der Waals surface area contributed by atoms with Crippen molar-refractivity contribution in [3.8, 4) is 0 Å². The number of urea groups is 1. The van der Waals surface area contributed by atoms with Crippen LogP contribution < -0.4 is 10.2 Å². The van der Waals surface area contributed by atoms with E-state index in [0.29, 0.717) is 19.6 Å². The van der Waals surface area contributed by atoms with Crippen LogP contribution in [-0.2, 0) is 6.54 Å². The highest BCUT2D eigenvalue weighted by atomic mass is 16.4. The molecule has 1 aliphatic rings. The van der Waals surface area contributed by atoms with Crippen LogP contribution in [0.3, 0.4) is 0 Å². The second-order valence-electron chi connectivity index (χ2n) is 5.98. The monoisotopic (exact) mass is 328 g/mol. The lowest BCUT2D eigenvalue weighted by Gasteiger charge is -2.16. The van der Waals surface area contributed by atoms with Gasteiger partial charge in [0.15, 0.2) is 0 Å². The van der Waals surface area contributed by atoms with Crippen LogP contribution in [0.15, 0.2) is 40.9 Å². The Labute approximate surface area is 140 Å². The second kappa shape index (κ2) is 6.74. The Hall–Kier alpha value is -2.83. The number of carbonyl (C=O) groups is 2. The predicted molar refractivity (Wildman–Crippen MR) is 88.7 cm³/mol. The molecule has 0 aliphatic carbocycles. The summed E-state index contributed by atoms with van der Waals surface area (Å²) in [4.78, 5) is 31.7. The van der Waals surface area contributed by atoms with E-state index in [1.807, 2.05) is 44.2 Å². The summed E-state index contributed by atoms with van der Waals surface area (Å²) < 4.78 is 5.45. The van der Waals surface area contributed by atoms with E-state index in [4.69, 9.17) is 4.42 Å². The van der Waals surface area contributed by atoms with Gasteiger partial charge in [0.25, 0.3) is 5.91 Å². The first-order valence-corrected chi connectivity index (χ1v) is 7.91. The highest BCUT2D eigenvalue weighted by Gasteiger charge is 2.33. The zero-order chi connectivity index (χ0) is 17.1. The molecule has 1 N–H and O–H groups in total. The number of nitrogens with one attached hydrogen (secondary N) is 1. The maximum Gasteiger partial charge on any atom is 0.328 e. The topological polar surface area (TPSA) is 78.7 Å². The summed E-state index contributed by atoms with van der Waals surface area (Å²) in [5.41, 5.74) is 1.07. The molecular weight excluding hydrogens is 308 g/mol. The fourth-order valence-electron chi connectivity index (χ4n) is 2.54. The van der Waals surface area contributed by atoms with Gasteiger partial charge in [-0.2, -0.15) is 0 Å². The first kappa shape index (κ1) is 16.0. The molecule has 0 bridgehead atoms. The van der Waals surface area contributed by atoms with E-state index in [2.05, 4.69) is 10.3 Å². The van der Waals surface area contributed by atoms with Gasteiger partial charge in [0.1, 0.15) is 0 Å². The summed E-state index contributed by atoms with van der Waals surface area (Å²) >= 11 is 0. The van der Waals surface area contributed by atoms with Crippen LogP contribution in [0, 0.1) is 0 Å². The molecular formula is C17H20N4O3.